The summed E-state index contributed by atoms with van der Waals surface area (Å²) in [5, 5.41) is 5.49. The number of ether oxygens (including phenoxy) is 2. The average molecular weight is 406 g/mol. The Kier molecular flexibility index (Phi) is 5.14. The molecule has 0 aliphatic heterocycles. The Bertz CT molecular complexity index is 1140. The van der Waals surface area contributed by atoms with E-state index in [2.05, 4.69) is 0 Å². The Balaban J connectivity index is 1.96. The zero-order chi connectivity index (χ0) is 20.4. The van der Waals surface area contributed by atoms with Gasteiger partial charge in [-0.15, -0.1) is 0 Å². The van der Waals surface area contributed by atoms with Crippen molar-refractivity contribution in [3.63, 3.8) is 0 Å². The van der Waals surface area contributed by atoms with E-state index in [1.807, 2.05) is 72.8 Å². The van der Waals surface area contributed by atoms with Crippen molar-refractivity contribution in [2.75, 3.05) is 20.0 Å². The fourth-order valence-corrected chi connectivity index (χ4v) is 3.41. The topological polar surface area (TPSA) is 62.3 Å². The summed E-state index contributed by atoms with van der Waals surface area (Å²) in [5.74, 6) is 1.81. The van der Waals surface area contributed by atoms with Crippen LogP contribution in [-0.2, 0) is 0 Å². The molecule has 6 heteroatoms. The van der Waals surface area contributed by atoms with Gasteiger partial charge in [0.15, 0.2) is 11.5 Å². The van der Waals surface area contributed by atoms with Gasteiger partial charge < -0.3 is 15.2 Å². The molecule has 0 atom stereocenters. The van der Waals surface area contributed by atoms with Crippen molar-refractivity contribution in [3.8, 4) is 39.6 Å². The lowest BCUT2D eigenvalue weighted by atomic mass is 10.0. The van der Waals surface area contributed by atoms with Crippen molar-refractivity contribution in [3.05, 3.63) is 77.8 Å². The van der Waals surface area contributed by atoms with E-state index in [1.165, 1.54) is 0 Å². The Labute approximate surface area is 174 Å². The van der Waals surface area contributed by atoms with Crippen LogP contribution < -0.4 is 15.2 Å². The molecule has 0 aliphatic carbocycles. The van der Waals surface area contributed by atoms with Gasteiger partial charge >= 0.3 is 0 Å². The third-order valence-corrected chi connectivity index (χ3v) is 4.96. The molecule has 146 valence electrons. The number of nitrogens with two attached hydrogens (primary N) is 1. The van der Waals surface area contributed by atoms with Crippen LogP contribution in [-0.4, -0.2) is 24.0 Å². The van der Waals surface area contributed by atoms with Crippen LogP contribution in [0.5, 0.6) is 11.5 Å². The van der Waals surface area contributed by atoms with E-state index in [0.717, 1.165) is 28.1 Å². The van der Waals surface area contributed by atoms with E-state index in [-0.39, 0.29) is 0 Å². The maximum Gasteiger partial charge on any atom is 0.161 e. The second-order valence-corrected chi connectivity index (χ2v) is 6.87. The molecule has 1 aromatic heterocycles. The summed E-state index contributed by atoms with van der Waals surface area (Å²) in [5.41, 5.74) is 10.9. The highest BCUT2D eigenvalue weighted by Crippen LogP contribution is 2.41. The summed E-state index contributed by atoms with van der Waals surface area (Å²) >= 11 is 6.08. The number of para-hydroxylation sites is 1. The van der Waals surface area contributed by atoms with E-state index in [4.69, 9.17) is 31.9 Å². The Morgan fingerprint density at radius 1 is 0.828 bits per heavy atom. The molecule has 2 N–H and O–H groups in total. The number of halogens is 1. The highest BCUT2D eigenvalue weighted by atomic mass is 35.5. The summed E-state index contributed by atoms with van der Waals surface area (Å²) in [6.45, 7) is 0. The standard InChI is InChI=1S/C23H20ClN3O2/c1-28-19-13-10-16(14-20(19)29-2)21-22(15-8-11-17(24)12-9-15)26-27(23(21)25)18-6-4-3-5-7-18/h3-14H,25H2,1-2H3. The maximum absolute atomic E-state index is 6.60. The van der Waals surface area contributed by atoms with Gasteiger partial charge in [0.25, 0.3) is 0 Å². The van der Waals surface area contributed by atoms with E-state index >= 15 is 0 Å². The van der Waals surface area contributed by atoms with Crippen LogP contribution in [0.25, 0.3) is 28.1 Å². The van der Waals surface area contributed by atoms with Crippen LogP contribution in [0.2, 0.25) is 5.02 Å². The van der Waals surface area contributed by atoms with E-state index in [9.17, 15) is 0 Å². The molecule has 0 radical (unpaired) electrons. The van der Waals surface area contributed by atoms with Crippen LogP contribution >= 0.6 is 11.6 Å². The summed E-state index contributed by atoms with van der Waals surface area (Å²) in [6, 6.07) is 23.1. The number of rotatable bonds is 5. The minimum atomic E-state index is 0.536. The molecule has 0 spiro atoms. The summed E-state index contributed by atoms with van der Waals surface area (Å²) in [6.07, 6.45) is 0. The molecule has 29 heavy (non-hydrogen) atoms. The summed E-state index contributed by atoms with van der Waals surface area (Å²) < 4.78 is 12.6. The Morgan fingerprint density at radius 2 is 1.48 bits per heavy atom. The lowest BCUT2D eigenvalue weighted by Gasteiger charge is -2.11. The molecule has 1 heterocycles. The van der Waals surface area contributed by atoms with Gasteiger partial charge in [-0.1, -0.05) is 48.0 Å². The van der Waals surface area contributed by atoms with Gasteiger partial charge in [0.1, 0.15) is 11.5 Å². The van der Waals surface area contributed by atoms with Crippen LogP contribution in [0.3, 0.4) is 0 Å². The summed E-state index contributed by atoms with van der Waals surface area (Å²) in [4.78, 5) is 0. The zero-order valence-electron chi connectivity index (χ0n) is 16.1. The number of aromatic nitrogens is 2. The van der Waals surface area contributed by atoms with Crippen LogP contribution in [0.15, 0.2) is 72.8 Å². The molecule has 0 fully saturated rings. The monoisotopic (exact) mass is 405 g/mol. The van der Waals surface area contributed by atoms with Crippen molar-refractivity contribution in [2.45, 2.75) is 0 Å². The van der Waals surface area contributed by atoms with Gasteiger partial charge in [0, 0.05) is 10.6 Å². The molecule has 0 saturated heterocycles. The molecule has 0 unspecified atom stereocenters. The van der Waals surface area contributed by atoms with Crippen molar-refractivity contribution in [2.24, 2.45) is 0 Å². The molecule has 5 nitrogen and oxygen atoms in total. The minimum absolute atomic E-state index is 0.536. The summed E-state index contributed by atoms with van der Waals surface area (Å²) in [7, 11) is 3.22. The zero-order valence-corrected chi connectivity index (χ0v) is 16.9. The van der Waals surface area contributed by atoms with Crippen molar-refractivity contribution >= 4 is 17.4 Å². The highest BCUT2D eigenvalue weighted by molar-refractivity contribution is 6.30. The van der Waals surface area contributed by atoms with E-state index < -0.39 is 0 Å². The van der Waals surface area contributed by atoms with Crippen molar-refractivity contribution in [1.29, 1.82) is 0 Å². The van der Waals surface area contributed by atoms with E-state index in [1.54, 1.807) is 18.9 Å². The Hall–Kier alpha value is -3.44. The fourth-order valence-electron chi connectivity index (χ4n) is 3.28. The molecule has 0 amide bonds. The predicted molar refractivity (Wildman–Crippen MR) is 117 cm³/mol. The smallest absolute Gasteiger partial charge is 0.161 e. The first-order valence-corrected chi connectivity index (χ1v) is 9.42. The second-order valence-electron chi connectivity index (χ2n) is 6.43. The highest BCUT2D eigenvalue weighted by Gasteiger charge is 2.21. The number of nitrogens with zero attached hydrogens (tertiary/aromatic N) is 2. The van der Waals surface area contributed by atoms with Crippen LogP contribution in [0.4, 0.5) is 5.82 Å². The van der Waals surface area contributed by atoms with Crippen LogP contribution in [0.1, 0.15) is 0 Å². The quantitative estimate of drug-likeness (QED) is 0.479. The van der Waals surface area contributed by atoms with Gasteiger partial charge in [-0.2, -0.15) is 5.10 Å². The van der Waals surface area contributed by atoms with Crippen molar-refractivity contribution < 1.29 is 9.47 Å². The second kappa shape index (κ2) is 7.89. The number of hydrogen-bond donors (Lipinski definition) is 1. The third kappa shape index (κ3) is 3.52. The lowest BCUT2D eigenvalue weighted by molar-refractivity contribution is 0.355. The Morgan fingerprint density at radius 3 is 2.14 bits per heavy atom. The number of methoxy groups -OCH3 is 2. The van der Waals surface area contributed by atoms with Gasteiger partial charge in [0.05, 0.1) is 25.5 Å². The average Bonchev–Trinajstić information content (AvgIpc) is 3.11. The molecule has 0 aliphatic rings. The first-order chi connectivity index (χ1) is 14.1. The first-order valence-electron chi connectivity index (χ1n) is 9.04. The van der Waals surface area contributed by atoms with Crippen molar-refractivity contribution in [1.82, 2.24) is 9.78 Å². The van der Waals surface area contributed by atoms with Gasteiger partial charge in [0.2, 0.25) is 0 Å². The molecular formula is C23H20ClN3O2. The molecular weight excluding hydrogens is 386 g/mol. The first kappa shape index (κ1) is 18.9. The van der Waals surface area contributed by atoms with Gasteiger partial charge in [-0.3, -0.25) is 0 Å². The molecule has 4 rings (SSSR count). The molecule has 0 saturated carbocycles. The maximum atomic E-state index is 6.60. The molecule has 4 aromatic rings. The SMILES string of the molecule is COc1ccc(-c2c(-c3ccc(Cl)cc3)nn(-c3ccccc3)c2N)cc1OC. The lowest BCUT2D eigenvalue weighted by Crippen LogP contribution is -2.02. The van der Waals surface area contributed by atoms with Gasteiger partial charge in [-0.25, -0.2) is 4.68 Å². The number of hydrogen-bond acceptors (Lipinski definition) is 4. The van der Waals surface area contributed by atoms with Gasteiger partial charge in [-0.05, 0) is 42.0 Å². The molecule has 3 aromatic carbocycles. The minimum Gasteiger partial charge on any atom is -0.493 e. The number of benzene rings is 3. The third-order valence-electron chi connectivity index (χ3n) is 4.71. The predicted octanol–water partition coefficient (Wildman–Crippen LogP) is 5.46. The number of nitrogen functional groups attached to an aromatic ring is 1. The largest absolute Gasteiger partial charge is 0.493 e. The molecule has 0 bridgehead atoms. The van der Waals surface area contributed by atoms with Crippen LogP contribution in [0, 0.1) is 0 Å². The fraction of sp³-hybridized carbons (Fsp3) is 0.0870. The number of anilines is 1. The normalized spacial score (nSPS) is 10.7. The van der Waals surface area contributed by atoms with E-state index in [0.29, 0.717) is 22.3 Å².